The number of hydrogen-bond donors (Lipinski definition) is 0. The SMILES string of the molecule is CCCCCc1c(-c2ccccc2)c(C(=O)OC)cc2c1sc1ccccc12. The molecule has 0 aliphatic heterocycles. The molecule has 0 N–H and O–H groups in total. The first-order chi connectivity index (χ1) is 13.7. The molecule has 4 rings (SSSR count). The average molecular weight is 389 g/mol. The third-order valence-corrected chi connectivity index (χ3v) is 6.51. The minimum absolute atomic E-state index is 0.271. The Balaban J connectivity index is 2.08. The normalized spacial score (nSPS) is 11.2. The average Bonchev–Trinajstić information content (AvgIpc) is 3.12. The van der Waals surface area contributed by atoms with Crippen molar-refractivity contribution in [1.29, 1.82) is 0 Å². The number of esters is 1. The highest BCUT2D eigenvalue weighted by atomic mass is 32.1. The van der Waals surface area contributed by atoms with E-state index in [0.717, 1.165) is 29.4 Å². The number of unbranched alkanes of at least 4 members (excludes halogenated alkanes) is 2. The molecule has 1 heterocycles. The van der Waals surface area contributed by atoms with Crippen LogP contribution in [0.4, 0.5) is 0 Å². The lowest BCUT2D eigenvalue weighted by Crippen LogP contribution is -2.06. The number of carbonyl (C=O) groups is 1. The number of rotatable bonds is 6. The van der Waals surface area contributed by atoms with Gasteiger partial charge in [-0.1, -0.05) is 68.3 Å². The molecule has 0 bridgehead atoms. The van der Waals surface area contributed by atoms with Crippen LogP contribution in [0.2, 0.25) is 0 Å². The van der Waals surface area contributed by atoms with Gasteiger partial charge in [-0.25, -0.2) is 4.79 Å². The van der Waals surface area contributed by atoms with Crippen LogP contribution >= 0.6 is 11.3 Å². The van der Waals surface area contributed by atoms with Crippen LogP contribution in [0.5, 0.6) is 0 Å². The number of fused-ring (bicyclic) bond motifs is 3. The number of ether oxygens (including phenoxy) is 1. The van der Waals surface area contributed by atoms with E-state index in [2.05, 4.69) is 43.3 Å². The quantitative estimate of drug-likeness (QED) is 0.257. The van der Waals surface area contributed by atoms with Gasteiger partial charge in [-0.3, -0.25) is 0 Å². The van der Waals surface area contributed by atoms with Crippen molar-refractivity contribution in [2.75, 3.05) is 7.11 Å². The molecule has 0 unspecified atom stereocenters. The first-order valence-electron chi connectivity index (χ1n) is 9.85. The zero-order chi connectivity index (χ0) is 19.5. The first kappa shape index (κ1) is 18.7. The lowest BCUT2D eigenvalue weighted by atomic mass is 9.89. The fourth-order valence-electron chi connectivity index (χ4n) is 3.92. The summed E-state index contributed by atoms with van der Waals surface area (Å²) in [7, 11) is 1.46. The molecular formula is C25H24O2S. The molecule has 3 heteroatoms. The van der Waals surface area contributed by atoms with Crippen LogP contribution in [0.15, 0.2) is 60.7 Å². The zero-order valence-corrected chi connectivity index (χ0v) is 17.1. The standard InChI is InChI=1S/C25H24O2S/c1-3-4-6-14-19-23(17-11-7-5-8-12-17)21(25(26)27-2)16-20-18-13-9-10-15-22(18)28-24(19)20/h5,7-13,15-16H,3-4,6,14H2,1-2H3. The predicted molar refractivity (Wildman–Crippen MR) is 119 cm³/mol. The topological polar surface area (TPSA) is 26.3 Å². The van der Waals surface area contributed by atoms with Crippen molar-refractivity contribution in [2.45, 2.75) is 32.6 Å². The Morgan fingerprint density at radius 1 is 0.964 bits per heavy atom. The second kappa shape index (κ2) is 8.15. The van der Waals surface area contributed by atoms with Crippen molar-refractivity contribution >= 4 is 37.5 Å². The van der Waals surface area contributed by atoms with Crippen LogP contribution in [0.25, 0.3) is 31.3 Å². The summed E-state index contributed by atoms with van der Waals surface area (Å²) in [5.41, 5.74) is 4.05. The van der Waals surface area contributed by atoms with E-state index in [0.29, 0.717) is 5.56 Å². The molecule has 0 radical (unpaired) electrons. The highest BCUT2D eigenvalue weighted by Crippen LogP contribution is 2.42. The van der Waals surface area contributed by atoms with Crippen molar-refractivity contribution in [1.82, 2.24) is 0 Å². The lowest BCUT2D eigenvalue weighted by molar-refractivity contribution is 0.0601. The second-order valence-electron chi connectivity index (χ2n) is 7.07. The van der Waals surface area contributed by atoms with Crippen LogP contribution in [-0.4, -0.2) is 13.1 Å². The molecule has 0 saturated heterocycles. The van der Waals surface area contributed by atoms with Gasteiger partial charge in [0, 0.05) is 25.7 Å². The highest BCUT2D eigenvalue weighted by Gasteiger charge is 2.22. The van der Waals surface area contributed by atoms with Crippen LogP contribution in [-0.2, 0) is 11.2 Å². The number of benzene rings is 3. The Hall–Kier alpha value is -2.65. The summed E-state index contributed by atoms with van der Waals surface area (Å²) in [6.07, 6.45) is 4.44. The molecular weight excluding hydrogens is 364 g/mol. The van der Waals surface area contributed by atoms with E-state index in [1.807, 2.05) is 35.6 Å². The predicted octanol–water partition coefficient (Wildman–Crippen LogP) is 7.24. The Morgan fingerprint density at radius 3 is 2.46 bits per heavy atom. The van der Waals surface area contributed by atoms with Crippen molar-refractivity contribution < 1.29 is 9.53 Å². The molecule has 0 saturated carbocycles. The lowest BCUT2D eigenvalue weighted by Gasteiger charge is -2.16. The number of aryl methyl sites for hydroxylation is 1. The minimum Gasteiger partial charge on any atom is -0.465 e. The van der Waals surface area contributed by atoms with Crippen molar-refractivity contribution in [3.8, 4) is 11.1 Å². The van der Waals surface area contributed by atoms with E-state index < -0.39 is 0 Å². The summed E-state index contributed by atoms with van der Waals surface area (Å²) in [6, 6.07) is 20.7. The van der Waals surface area contributed by atoms with E-state index in [1.54, 1.807) is 0 Å². The van der Waals surface area contributed by atoms with Gasteiger partial charge in [0.15, 0.2) is 0 Å². The first-order valence-corrected chi connectivity index (χ1v) is 10.7. The molecule has 0 atom stereocenters. The second-order valence-corrected chi connectivity index (χ2v) is 8.12. The van der Waals surface area contributed by atoms with Crippen LogP contribution in [0, 0.1) is 0 Å². The highest BCUT2D eigenvalue weighted by molar-refractivity contribution is 7.26. The Morgan fingerprint density at radius 2 is 1.71 bits per heavy atom. The Labute approximate surface area is 169 Å². The molecule has 0 aliphatic rings. The minimum atomic E-state index is -0.271. The van der Waals surface area contributed by atoms with Crippen molar-refractivity contribution in [3.63, 3.8) is 0 Å². The molecule has 0 aliphatic carbocycles. The fourth-order valence-corrected chi connectivity index (χ4v) is 5.18. The molecule has 2 nitrogen and oxygen atoms in total. The molecule has 142 valence electrons. The maximum atomic E-state index is 12.8. The number of carbonyl (C=O) groups excluding carboxylic acids is 1. The molecule has 0 spiro atoms. The fraction of sp³-hybridized carbons (Fsp3) is 0.240. The van der Waals surface area contributed by atoms with Gasteiger partial charge in [-0.2, -0.15) is 0 Å². The molecule has 1 aromatic heterocycles. The van der Waals surface area contributed by atoms with Gasteiger partial charge in [-0.15, -0.1) is 11.3 Å². The van der Waals surface area contributed by atoms with Crippen LogP contribution in [0.1, 0.15) is 42.1 Å². The van der Waals surface area contributed by atoms with Gasteiger partial charge in [-0.05, 0) is 36.1 Å². The third kappa shape index (κ3) is 3.31. The third-order valence-electron chi connectivity index (χ3n) is 5.27. The van der Waals surface area contributed by atoms with E-state index in [9.17, 15) is 4.79 Å². The molecule has 4 aromatic rings. The van der Waals surface area contributed by atoms with Crippen molar-refractivity contribution in [3.05, 3.63) is 71.8 Å². The summed E-state index contributed by atoms with van der Waals surface area (Å²) in [5, 5.41) is 2.37. The summed E-state index contributed by atoms with van der Waals surface area (Å²) >= 11 is 1.83. The van der Waals surface area contributed by atoms with Gasteiger partial charge in [0.2, 0.25) is 0 Å². The van der Waals surface area contributed by atoms with E-state index >= 15 is 0 Å². The molecule has 0 fully saturated rings. The largest absolute Gasteiger partial charge is 0.465 e. The van der Waals surface area contributed by atoms with E-state index in [1.165, 1.54) is 40.3 Å². The van der Waals surface area contributed by atoms with Gasteiger partial charge in [0.05, 0.1) is 12.7 Å². The van der Waals surface area contributed by atoms with Gasteiger partial charge >= 0.3 is 5.97 Å². The Kier molecular flexibility index (Phi) is 5.45. The maximum absolute atomic E-state index is 12.8. The monoisotopic (exact) mass is 388 g/mol. The summed E-state index contributed by atoms with van der Waals surface area (Å²) < 4.78 is 7.74. The maximum Gasteiger partial charge on any atom is 0.338 e. The van der Waals surface area contributed by atoms with E-state index in [-0.39, 0.29) is 5.97 Å². The van der Waals surface area contributed by atoms with Gasteiger partial charge < -0.3 is 4.74 Å². The molecule has 3 aromatic carbocycles. The van der Waals surface area contributed by atoms with Crippen molar-refractivity contribution in [2.24, 2.45) is 0 Å². The number of methoxy groups -OCH3 is 1. The zero-order valence-electron chi connectivity index (χ0n) is 16.3. The summed E-state index contributed by atoms with van der Waals surface area (Å²) in [5.74, 6) is -0.271. The van der Waals surface area contributed by atoms with Gasteiger partial charge in [0.1, 0.15) is 0 Å². The molecule has 0 amide bonds. The summed E-state index contributed by atoms with van der Waals surface area (Å²) in [6.45, 7) is 2.22. The molecule has 28 heavy (non-hydrogen) atoms. The van der Waals surface area contributed by atoms with Crippen LogP contribution < -0.4 is 0 Å². The van der Waals surface area contributed by atoms with Crippen LogP contribution in [0.3, 0.4) is 0 Å². The number of hydrogen-bond acceptors (Lipinski definition) is 3. The summed E-state index contributed by atoms with van der Waals surface area (Å²) in [4.78, 5) is 12.8. The number of thiophene rings is 1. The Bertz CT molecular complexity index is 1130. The van der Waals surface area contributed by atoms with Gasteiger partial charge in [0.25, 0.3) is 0 Å². The smallest absolute Gasteiger partial charge is 0.338 e. The van der Waals surface area contributed by atoms with E-state index in [4.69, 9.17) is 4.74 Å².